The summed E-state index contributed by atoms with van der Waals surface area (Å²) < 4.78 is 0. The summed E-state index contributed by atoms with van der Waals surface area (Å²) in [5.41, 5.74) is 7.92. The van der Waals surface area contributed by atoms with Gasteiger partial charge in [-0.2, -0.15) is 0 Å². The van der Waals surface area contributed by atoms with E-state index in [-0.39, 0.29) is 5.54 Å². The largest absolute Gasteiger partial charge is 0.383 e. The van der Waals surface area contributed by atoms with Crippen LogP contribution in [0, 0.1) is 6.92 Å². The van der Waals surface area contributed by atoms with E-state index in [9.17, 15) is 0 Å². The fourth-order valence-corrected chi connectivity index (χ4v) is 0.995. The second-order valence-electron chi connectivity index (χ2n) is 4.03. The lowest BCUT2D eigenvalue weighted by molar-refractivity contribution is 0.549. The highest BCUT2D eigenvalue weighted by Crippen LogP contribution is 2.12. The summed E-state index contributed by atoms with van der Waals surface area (Å²) in [5.74, 6) is 0. The number of nitrogens with one attached hydrogen (secondary N) is 1. The van der Waals surface area contributed by atoms with Crippen LogP contribution in [-0.4, -0.2) is 17.1 Å². The zero-order valence-electron chi connectivity index (χ0n) is 8.46. The van der Waals surface area contributed by atoms with Crippen LogP contribution in [0.5, 0.6) is 0 Å². The Morgan fingerprint density at radius 2 is 2.23 bits per heavy atom. The molecule has 0 amide bonds. The van der Waals surface area contributed by atoms with Gasteiger partial charge in [-0.1, -0.05) is 0 Å². The second-order valence-corrected chi connectivity index (χ2v) is 4.03. The van der Waals surface area contributed by atoms with Crippen LogP contribution in [0.25, 0.3) is 0 Å². The Bertz CT molecular complexity index is 276. The topological polar surface area (TPSA) is 50.9 Å². The molecule has 1 heterocycles. The highest BCUT2D eigenvalue weighted by atomic mass is 14.9. The first-order valence-corrected chi connectivity index (χ1v) is 4.42. The van der Waals surface area contributed by atoms with E-state index < -0.39 is 0 Å². The Hall–Kier alpha value is -1.09. The first kappa shape index (κ1) is 9.99. The van der Waals surface area contributed by atoms with Gasteiger partial charge in [0.05, 0.1) is 0 Å². The van der Waals surface area contributed by atoms with Gasteiger partial charge in [0.1, 0.15) is 0 Å². The summed E-state index contributed by atoms with van der Waals surface area (Å²) in [6.07, 6.45) is 3.62. The third-order valence-corrected chi connectivity index (χ3v) is 1.75. The van der Waals surface area contributed by atoms with Gasteiger partial charge in [-0.25, -0.2) is 0 Å². The van der Waals surface area contributed by atoms with Gasteiger partial charge in [-0.05, 0) is 32.4 Å². The molecule has 0 bridgehead atoms. The van der Waals surface area contributed by atoms with Gasteiger partial charge in [0.2, 0.25) is 0 Å². The Morgan fingerprint density at radius 1 is 1.54 bits per heavy atom. The number of aryl methyl sites for hydroxylation is 1. The molecular weight excluding hydrogens is 162 g/mol. The van der Waals surface area contributed by atoms with Crippen molar-refractivity contribution < 1.29 is 0 Å². The van der Waals surface area contributed by atoms with Crippen molar-refractivity contribution in [3.63, 3.8) is 0 Å². The molecule has 0 aromatic carbocycles. The number of pyridine rings is 1. The van der Waals surface area contributed by atoms with E-state index in [1.807, 2.05) is 33.0 Å². The molecule has 72 valence electrons. The van der Waals surface area contributed by atoms with Gasteiger partial charge in [0.25, 0.3) is 0 Å². The number of hydrogen-bond donors (Lipinski definition) is 2. The molecule has 1 aromatic rings. The van der Waals surface area contributed by atoms with Crippen LogP contribution >= 0.6 is 0 Å². The Morgan fingerprint density at radius 3 is 2.77 bits per heavy atom. The Labute approximate surface area is 79.4 Å². The van der Waals surface area contributed by atoms with E-state index in [0.29, 0.717) is 0 Å². The minimum absolute atomic E-state index is 0.185. The molecular formula is C10H17N3. The standard InChI is InChI=1S/C10H17N3/c1-8-6-12-5-4-9(8)13-7-10(2,3)11/h4-6H,7,11H2,1-3H3,(H,12,13). The molecule has 0 spiro atoms. The third kappa shape index (κ3) is 3.42. The molecule has 0 aliphatic rings. The maximum atomic E-state index is 5.86. The first-order chi connectivity index (χ1) is 5.99. The Balaban J connectivity index is 2.60. The quantitative estimate of drug-likeness (QED) is 0.740. The van der Waals surface area contributed by atoms with E-state index >= 15 is 0 Å². The molecule has 1 rings (SSSR count). The first-order valence-electron chi connectivity index (χ1n) is 4.42. The van der Waals surface area contributed by atoms with E-state index in [0.717, 1.165) is 17.8 Å². The number of nitrogens with two attached hydrogens (primary N) is 1. The fraction of sp³-hybridized carbons (Fsp3) is 0.500. The van der Waals surface area contributed by atoms with Gasteiger partial charge in [0, 0.05) is 30.2 Å². The van der Waals surface area contributed by atoms with Gasteiger partial charge >= 0.3 is 0 Å². The smallest absolute Gasteiger partial charge is 0.0401 e. The van der Waals surface area contributed by atoms with Crippen LogP contribution in [-0.2, 0) is 0 Å². The van der Waals surface area contributed by atoms with Crippen LogP contribution in [0.15, 0.2) is 18.5 Å². The van der Waals surface area contributed by atoms with E-state index in [4.69, 9.17) is 5.73 Å². The number of hydrogen-bond acceptors (Lipinski definition) is 3. The molecule has 0 aliphatic heterocycles. The summed E-state index contributed by atoms with van der Waals surface area (Å²) in [7, 11) is 0. The number of nitrogens with zero attached hydrogens (tertiary/aromatic N) is 1. The second kappa shape index (κ2) is 3.75. The van der Waals surface area contributed by atoms with E-state index in [1.165, 1.54) is 0 Å². The van der Waals surface area contributed by atoms with Crippen molar-refractivity contribution in [2.45, 2.75) is 26.3 Å². The van der Waals surface area contributed by atoms with Gasteiger partial charge in [0.15, 0.2) is 0 Å². The van der Waals surface area contributed by atoms with Crippen molar-refractivity contribution in [2.75, 3.05) is 11.9 Å². The third-order valence-electron chi connectivity index (χ3n) is 1.75. The molecule has 3 N–H and O–H groups in total. The van der Waals surface area contributed by atoms with Crippen molar-refractivity contribution in [1.29, 1.82) is 0 Å². The normalized spacial score (nSPS) is 11.4. The summed E-state index contributed by atoms with van der Waals surface area (Å²) in [5, 5.41) is 3.29. The van der Waals surface area contributed by atoms with E-state index in [2.05, 4.69) is 10.3 Å². The van der Waals surface area contributed by atoms with E-state index in [1.54, 1.807) is 6.20 Å². The lowest BCUT2D eigenvalue weighted by Crippen LogP contribution is -2.39. The zero-order valence-corrected chi connectivity index (χ0v) is 8.46. The van der Waals surface area contributed by atoms with Crippen LogP contribution in [0.1, 0.15) is 19.4 Å². The molecule has 1 aromatic heterocycles. The van der Waals surface area contributed by atoms with Crippen LogP contribution in [0.2, 0.25) is 0 Å². The number of rotatable bonds is 3. The lowest BCUT2D eigenvalue weighted by atomic mass is 10.1. The average molecular weight is 179 g/mol. The van der Waals surface area contributed by atoms with Crippen molar-refractivity contribution in [1.82, 2.24) is 4.98 Å². The van der Waals surface area contributed by atoms with Gasteiger partial charge in [-0.15, -0.1) is 0 Å². The van der Waals surface area contributed by atoms with Gasteiger partial charge in [-0.3, -0.25) is 4.98 Å². The van der Waals surface area contributed by atoms with Gasteiger partial charge < -0.3 is 11.1 Å². The molecule has 0 radical (unpaired) electrons. The molecule has 0 saturated heterocycles. The van der Waals surface area contributed by atoms with Crippen molar-refractivity contribution in [3.8, 4) is 0 Å². The van der Waals surface area contributed by atoms with Crippen molar-refractivity contribution >= 4 is 5.69 Å². The molecule has 3 heteroatoms. The molecule has 3 nitrogen and oxygen atoms in total. The molecule has 0 unspecified atom stereocenters. The summed E-state index contributed by atoms with van der Waals surface area (Å²) in [4.78, 5) is 4.02. The summed E-state index contributed by atoms with van der Waals surface area (Å²) in [6, 6.07) is 1.96. The number of anilines is 1. The summed E-state index contributed by atoms with van der Waals surface area (Å²) >= 11 is 0. The summed E-state index contributed by atoms with van der Waals surface area (Å²) in [6.45, 7) is 6.78. The molecule has 0 atom stereocenters. The van der Waals surface area contributed by atoms with Crippen LogP contribution in [0.4, 0.5) is 5.69 Å². The minimum Gasteiger partial charge on any atom is -0.383 e. The predicted molar refractivity (Wildman–Crippen MR) is 55.7 cm³/mol. The lowest BCUT2D eigenvalue weighted by Gasteiger charge is -2.20. The molecule has 0 saturated carbocycles. The van der Waals surface area contributed by atoms with Crippen molar-refractivity contribution in [3.05, 3.63) is 24.0 Å². The van der Waals surface area contributed by atoms with Crippen LogP contribution in [0.3, 0.4) is 0 Å². The maximum absolute atomic E-state index is 5.86. The Kier molecular flexibility index (Phi) is 2.88. The highest BCUT2D eigenvalue weighted by molar-refractivity contribution is 5.48. The van der Waals surface area contributed by atoms with Crippen molar-refractivity contribution in [2.24, 2.45) is 5.73 Å². The van der Waals surface area contributed by atoms with Crippen LogP contribution < -0.4 is 11.1 Å². The highest BCUT2D eigenvalue weighted by Gasteiger charge is 2.09. The minimum atomic E-state index is -0.185. The maximum Gasteiger partial charge on any atom is 0.0401 e. The number of aromatic nitrogens is 1. The monoisotopic (exact) mass is 179 g/mol. The predicted octanol–water partition coefficient (Wildman–Crippen LogP) is 1.54. The SMILES string of the molecule is Cc1cnccc1NCC(C)(C)N. The molecule has 13 heavy (non-hydrogen) atoms. The zero-order chi connectivity index (χ0) is 9.90. The molecule has 0 fully saturated rings. The molecule has 0 aliphatic carbocycles. The average Bonchev–Trinajstić information content (AvgIpc) is 2.01. The fourth-order valence-electron chi connectivity index (χ4n) is 0.995.